The number of carbonyl (C=O) groups is 1. The van der Waals surface area contributed by atoms with Crippen LogP contribution < -0.4 is 0 Å². The highest BCUT2D eigenvalue weighted by molar-refractivity contribution is 5.97. The van der Waals surface area contributed by atoms with Crippen LogP contribution in [0, 0.1) is 0 Å². The van der Waals surface area contributed by atoms with Crippen molar-refractivity contribution in [1.29, 1.82) is 0 Å². The van der Waals surface area contributed by atoms with Crippen molar-refractivity contribution in [2.75, 3.05) is 6.61 Å². The average molecular weight is 525 g/mol. The van der Waals surface area contributed by atoms with E-state index in [1.165, 1.54) is 6.08 Å². The fraction of sp³-hybridized carbons (Fsp3) is 0.111. The van der Waals surface area contributed by atoms with Gasteiger partial charge in [-0.05, 0) is 53.3 Å². The number of aromatic nitrogens is 2. The molecule has 0 amide bonds. The second-order valence-electron chi connectivity index (χ2n) is 9.45. The zero-order chi connectivity index (χ0) is 27.8. The first kappa shape index (κ1) is 26.6. The van der Waals surface area contributed by atoms with Gasteiger partial charge in [-0.25, -0.2) is 9.78 Å². The van der Waals surface area contributed by atoms with E-state index in [0.29, 0.717) is 6.61 Å². The van der Waals surface area contributed by atoms with E-state index < -0.39 is 5.54 Å². The maximum Gasteiger partial charge on any atom is 0.330 e. The molecule has 0 radical (unpaired) electrons. The van der Waals surface area contributed by atoms with E-state index in [4.69, 9.17) is 9.72 Å². The van der Waals surface area contributed by atoms with Crippen molar-refractivity contribution in [3.8, 4) is 0 Å². The van der Waals surface area contributed by atoms with Gasteiger partial charge in [0.15, 0.2) is 0 Å². The quantitative estimate of drug-likeness (QED) is 0.0856. The number of esters is 1. The molecule has 0 aliphatic rings. The van der Waals surface area contributed by atoms with Gasteiger partial charge in [-0.3, -0.25) is 0 Å². The molecule has 5 rings (SSSR count). The van der Waals surface area contributed by atoms with E-state index in [-0.39, 0.29) is 5.97 Å². The van der Waals surface area contributed by atoms with Crippen LogP contribution in [0.4, 0.5) is 0 Å². The smallest absolute Gasteiger partial charge is 0.330 e. The minimum Gasteiger partial charge on any atom is -0.463 e. The lowest BCUT2D eigenvalue weighted by Crippen LogP contribution is -2.38. The lowest BCUT2D eigenvalue weighted by Gasteiger charge is -2.39. The Hall–Kier alpha value is -4.96. The topological polar surface area (TPSA) is 44.1 Å². The maximum absolute atomic E-state index is 12.3. The number of imidazole rings is 1. The molecular formula is C36H32N2O2. The molecule has 1 heterocycles. The zero-order valence-corrected chi connectivity index (χ0v) is 22.8. The Labute approximate surface area is 235 Å². The van der Waals surface area contributed by atoms with Crippen molar-refractivity contribution in [1.82, 2.24) is 9.55 Å². The molecule has 0 saturated heterocycles. The molecule has 0 unspecified atom stereocenters. The molecule has 40 heavy (non-hydrogen) atoms. The minimum absolute atomic E-state index is 0.326. The number of benzene rings is 4. The van der Waals surface area contributed by atoms with Crippen molar-refractivity contribution in [3.05, 3.63) is 174 Å². The van der Waals surface area contributed by atoms with Gasteiger partial charge in [-0.1, -0.05) is 121 Å². The van der Waals surface area contributed by atoms with Crippen LogP contribution in [0.1, 0.15) is 41.8 Å². The average Bonchev–Trinajstić information content (AvgIpc) is 3.50. The Morgan fingerprint density at radius 1 is 0.750 bits per heavy atom. The predicted molar refractivity (Wildman–Crippen MR) is 162 cm³/mol. The SMILES string of the molecule is CCOC(=O)C=CC(=C(C)c1cncn1C(c1ccccc1)(c1ccccc1)c1ccccc1)c1ccccc1. The van der Waals surface area contributed by atoms with Crippen molar-refractivity contribution in [3.63, 3.8) is 0 Å². The van der Waals surface area contributed by atoms with Crippen molar-refractivity contribution in [2.24, 2.45) is 0 Å². The number of rotatable bonds is 9. The number of nitrogens with zero attached hydrogens (tertiary/aromatic N) is 2. The summed E-state index contributed by atoms with van der Waals surface area (Å²) in [5.74, 6) is -0.371. The van der Waals surface area contributed by atoms with E-state index >= 15 is 0 Å². The molecule has 4 nitrogen and oxygen atoms in total. The first-order valence-electron chi connectivity index (χ1n) is 13.5. The molecule has 0 saturated carbocycles. The highest BCUT2D eigenvalue weighted by atomic mass is 16.5. The summed E-state index contributed by atoms with van der Waals surface area (Å²) >= 11 is 0. The van der Waals surface area contributed by atoms with Gasteiger partial charge in [0.1, 0.15) is 5.54 Å². The molecule has 0 bridgehead atoms. The monoisotopic (exact) mass is 524 g/mol. The van der Waals surface area contributed by atoms with Gasteiger partial charge in [0.05, 0.1) is 24.8 Å². The third kappa shape index (κ3) is 5.16. The van der Waals surface area contributed by atoms with Crippen LogP contribution in [0.3, 0.4) is 0 Å². The Kier molecular flexibility index (Phi) is 8.17. The normalized spacial score (nSPS) is 12.2. The van der Waals surface area contributed by atoms with Crippen molar-refractivity contribution >= 4 is 17.1 Å². The summed E-state index contributed by atoms with van der Waals surface area (Å²) in [5, 5.41) is 0. The molecule has 4 heteroatoms. The number of carbonyl (C=O) groups excluding carboxylic acids is 1. The number of allylic oxidation sites excluding steroid dienone is 3. The summed E-state index contributed by atoms with van der Waals surface area (Å²) < 4.78 is 7.44. The molecular weight excluding hydrogens is 492 g/mol. The molecule has 0 aliphatic heterocycles. The lowest BCUT2D eigenvalue weighted by molar-refractivity contribution is -0.137. The van der Waals surface area contributed by atoms with Gasteiger partial charge in [0.25, 0.3) is 0 Å². The number of ether oxygens (including phenoxy) is 1. The maximum atomic E-state index is 12.3. The first-order chi connectivity index (χ1) is 19.7. The molecule has 0 N–H and O–H groups in total. The Morgan fingerprint density at radius 3 is 1.70 bits per heavy atom. The van der Waals surface area contributed by atoms with Crippen LogP contribution >= 0.6 is 0 Å². The summed E-state index contributed by atoms with van der Waals surface area (Å²) in [4.78, 5) is 17.0. The van der Waals surface area contributed by atoms with Crippen molar-refractivity contribution < 1.29 is 9.53 Å². The Bertz CT molecular complexity index is 1510. The number of hydrogen-bond acceptors (Lipinski definition) is 3. The van der Waals surface area contributed by atoms with Crippen LogP contribution in [-0.4, -0.2) is 22.1 Å². The molecule has 0 aliphatic carbocycles. The van der Waals surface area contributed by atoms with E-state index in [1.807, 2.05) is 67.1 Å². The highest BCUT2D eigenvalue weighted by Gasteiger charge is 2.39. The van der Waals surface area contributed by atoms with Crippen molar-refractivity contribution in [2.45, 2.75) is 19.4 Å². The molecule has 4 aromatic carbocycles. The molecule has 198 valence electrons. The molecule has 1 aromatic heterocycles. The largest absolute Gasteiger partial charge is 0.463 e. The van der Waals surface area contributed by atoms with Gasteiger partial charge >= 0.3 is 5.97 Å². The Balaban J connectivity index is 1.83. The van der Waals surface area contributed by atoms with E-state index in [2.05, 4.69) is 84.3 Å². The zero-order valence-electron chi connectivity index (χ0n) is 22.8. The van der Waals surface area contributed by atoms with Gasteiger partial charge in [-0.15, -0.1) is 0 Å². The van der Waals surface area contributed by atoms with Crippen LogP contribution in [0.25, 0.3) is 11.1 Å². The van der Waals surface area contributed by atoms with Crippen LogP contribution in [0.15, 0.2) is 146 Å². The third-order valence-electron chi connectivity index (χ3n) is 7.12. The number of hydrogen-bond donors (Lipinski definition) is 0. The lowest BCUT2D eigenvalue weighted by atomic mass is 9.76. The predicted octanol–water partition coefficient (Wildman–Crippen LogP) is 7.77. The minimum atomic E-state index is -0.705. The first-order valence-corrected chi connectivity index (χ1v) is 13.5. The molecule has 0 spiro atoms. The fourth-order valence-electron chi connectivity index (χ4n) is 5.33. The van der Waals surface area contributed by atoms with E-state index in [1.54, 1.807) is 6.92 Å². The van der Waals surface area contributed by atoms with E-state index in [9.17, 15) is 4.79 Å². The Morgan fingerprint density at radius 2 is 1.23 bits per heavy atom. The summed E-state index contributed by atoms with van der Waals surface area (Å²) in [6.45, 7) is 4.21. The van der Waals surface area contributed by atoms with Gasteiger partial charge in [-0.2, -0.15) is 0 Å². The second kappa shape index (κ2) is 12.3. The molecule has 0 atom stereocenters. The van der Waals surface area contributed by atoms with Crippen LogP contribution in [0.2, 0.25) is 0 Å². The van der Waals surface area contributed by atoms with Gasteiger partial charge in [0.2, 0.25) is 0 Å². The van der Waals surface area contributed by atoms with Gasteiger partial charge in [0, 0.05) is 6.08 Å². The summed E-state index contributed by atoms with van der Waals surface area (Å²) in [5.41, 5.74) is 6.47. The van der Waals surface area contributed by atoms with Gasteiger partial charge < -0.3 is 9.30 Å². The third-order valence-corrected chi connectivity index (χ3v) is 7.12. The molecule has 0 fully saturated rings. The summed E-state index contributed by atoms with van der Waals surface area (Å²) in [6, 6.07) is 41.7. The molecule has 5 aromatic rings. The summed E-state index contributed by atoms with van der Waals surface area (Å²) in [6.07, 6.45) is 7.15. The van der Waals surface area contributed by atoms with Crippen LogP contribution in [-0.2, 0) is 15.1 Å². The second-order valence-corrected chi connectivity index (χ2v) is 9.45. The fourth-order valence-corrected chi connectivity index (χ4v) is 5.33. The van der Waals surface area contributed by atoms with E-state index in [0.717, 1.165) is 39.1 Å². The summed E-state index contributed by atoms with van der Waals surface area (Å²) in [7, 11) is 0. The van der Waals surface area contributed by atoms with Crippen LogP contribution in [0.5, 0.6) is 0 Å². The standard InChI is InChI=1S/C36H32N2O2/c1-3-40-35(39)25-24-33(29-16-8-4-9-17-29)28(2)34-26-37-27-38(34)36(30-18-10-5-11-19-30,31-20-12-6-13-21-31)32-22-14-7-15-23-32/h4-27H,3H2,1-2H3. The highest BCUT2D eigenvalue weighted by Crippen LogP contribution is 2.43.